The average molecular weight is 354 g/mol. The number of nitrogens with zero attached hydrogens (tertiary/aromatic N) is 1. The number of rotatable bonds is 9. The Morgan fingerprint density at radius 3 is 2.77 bits per heavy atom. The molecule has 0 aliphatic carbocycles. The Balaban J connectivity index is 1.98. The van der Waals surface area contributed by atoms with Crippen molar-refractivity contribution >= 4 is 12.0 Å². The Morgan fingerprint density at radius 2 is 2.04 bits per heavy atom. The highest BCUT2D eigenvalue weighted by molar-refractivity contribution is 5.91. The van der Waals surface area contributed by atoms with Gasteiger partial charge in [-0.05, 0) is 55.7 Å². The summed E-state index contributed by atoms with van der Waals surface area (Å²) in [6.45, 7) is 7.57. The van der Waals surface area contributed by atoms with E-state index in [2.05, 4.69) is 17.2 Å². The highest BCUT2D eigenvalue weighted by atomic mass is 16.5. The molecule has 2 rings (SSSR count). The van der Waals surface area contributed by atoms with Crippen molar-refractivity contribution in [3.8, 4) is 11.5 Å². The quantitative estimate of drug-likeness (QED) is 0.694. The number of hydrogen-bond donors (Lipinski definition) is 1. The van der Waals surface area contributed by atoms with Crippen LogP contribution in [0.3, 0.4) is 0 Å². The molecule has 1 heterocycles. The van der Waals surface area contributed by atoms with Crippen LogP contribution in [0.15, 0.2) is 42.6 Å². The Labute approximate surface area is 155 Å². The smallest absolute Gasteiger partial charge is 0.244 e. The van der Waals surface area contributed by atoms with E-state index >= 15 is 0 Å². The summed E-state index contributed by atoms with van der Waals surface area (Å²) in [5, 5.41) is 2.84. The van der Waals surface area contributed by atoms with E-state index in [-0.39, 0.29) is 5.91 Å². The van der Waals surface area contributed by atoms with Gasteiger partial charge in [0.1, 0.15) is 0 Å². The van der Waals surface area contributed by atoms with E-state index < -0.39 is 0 Å². The van der Waals surface area contributed by atoms with Crippen molar-refractivity contribution in [3.05, 3.63) is 59.4 Å². The second-order valence-electron chi connectivity index (χ2n) is 5.81. The molecular weight excluding hydrogens is 328 g/mol. The molecule has 26 heavy (non-hydrogen) atoms. The van der Waals surface area contributed by atoms with Crippen molar-refractivity contribution in [1.29, 1.82) is 0 Å². The topological polar surface area (TPSA) is 60.5 Å². The summed E-state index contributed by atoms with van der Waals surface area (Å²) >= 11 is 0. The molecule has 0 unspecified atom stereocenters. The summed E-state index contributed by atoms with van der Waals surface area (Å²) in [6.07, 6.45) is 5.92. The van der Waals surface area contributed by atoms with E-state index in [4.69, 9.17) is 9.47 Å². The molecule has 1 aromatic carbocycles. The van der Waals surface area contributed by atoms with Crippen molar-refractivity contribution in [2.45, 2.75) is 33.7 Å². The van der Waals surface area contributed by atoms with Crippen LogP contribution in [-0.4, -0.2) is 24.1 Å². The van der Waals surface area contributed by atoms with Crippen LogP contribution < -0.4 is 14.8 Å². The van der Waals surface area contributed by atoms with Crippen LogP contribution in [0.25, 0.3) is 6.08 Å². The molecule has 0 saturated heterocycles. The van der Waals surface area contributed by atoms with Crippen LogP contribution in [0.4, 0.5) is 0 Å². The lowest BCUT2D eigenvalue weighted by Gasteiger charge is -2.12. The number of ether oxygens (including phenoxy) is 2. The zero-order chi connectivity index (χ0) is 18.8. The number of aryl methyl sites for hydroxylation is 1. The summed E-state index contributed by atoms with van der Waals surface area (Å²) in [5.74, 6) is 1.24. The lowest BCUT2D eigenvalue weighted by molar-refractivity contribution is -0.116. The first-order valence-corrected chi connectivity index (χ1v) is 8.90. The first-order chi connectivity index (χ1) is 12.6. The molecule has 0 aliphatic heterocycles. The molecule has 1 N–H and O–H groups in total. The molecule has 1 aromatic heterocycles. The second kappa shape index (κ2) is 10.2. The second-order valence-corrected chi connectivity index (χ2v) is 5.81. The van der Waals surface area contributed by atoms with Crippen LogP contribution in [0.5, 0.6) is 11.5 Å². The Hall–Kier alpha value is -2.82. The van der Waals surface area contributed by atoms with E-state index in [1.807, 2.05) is 44.2 Å². The number of aromatic nitrogens is 1. The van der Waals surface area contributed by atoms with Crippen molar-refractivity contribution in [3.63, 3.8) is 0 Å². The molecule has 0 radical (unpaired) electrons. The lowest BCUT2D eigenvalue weighted by atomic mass is 10.2. The fraction of sp³-hybridized carbons (Fsp3) is 0.333. The van der Waals surface area contributed by atoms with E-state index in [9.17, 15) is 4.79 Å². The number of carbonyl (C=O) groups excluding carboxylic acids is 1. The molecule has 0 spiro atoms. The van der Waals surface area contributed by atoms with Gasteiger partial charge in [-0.1, -0.05) is 19.1 Å². The highest BCUT2D eigenvalue weighted by Crippen LogP contribution is 2.29. The molecule has 0 saturated carbocycles. The van der Waals surface area contributed by atoms with Gasteiger partial charge in [0, 0.05) is 12.3 Å². The maximum atomic E-state index is 12.0. The maximum absolute atomic E-state index is 12.0. The first-order valence-electron chi connectivity index (χ1n) is 8.90. The molecule has 138 valence electrons. The van der Waals surface area contributed by atoms with Gasteiger partial charge in [-0.15, -0.1) is 0 Å². The van der Waals surface area contributed by atoms with E-state index in [1.54, 1.807) is 12.3 Å². The number of hydrogen-bond acceptors (Lipinski definition) is 4. The minimum atomic E-state index is -0.167. The average Bonchev–Trinajstić information content (AvgIpc) is 2.65. The van der Waals surface area contributed by atoms with Crippen LogP contribution >= 0.6 is 0 Å². The van der Waals surface area contributed by atoms with Gasteiger partial charge < -0.3 is 14.8 Å². The van der Waals surface area contributed by atoms with Gasteiger partial charge in [0.2, 0.25) is 5.91 Å². The molecule has 2 aromatic rings. The first kappa shape index (κ1) is 19.5. The fourth-order valence-corrected chi connectivity index (χ4v) is 2.33. The Bertz CT molecular complexity index is 757. The molecule has 0 fully saturated rings. The summed E-state index contributed by atoms with van der Waals surface area (Å²) in [7, 11) is 0. The minimum absolute atomic E-state index is 0.167. The number of carbonyl (C=O) groups is 1. The normalized spacial score (nSPS) is 10.7. The molecule has 5 nitrogen and oxygen atoms in total. The molecule has 5 heteroatoms. The number of pyridine rings is 1. The fourth-order valence-electron chi connectivity index (χ4n) is 2.33. The molecule has 0 bridgehead atoms. The molecule has 0 atom stereocenters. The van der Waals surface area contributed by atoms with Crippen molar-refractivity contribution < 1.29 is 14.3 Å². The largest absolute Gasteiger partial charge is 0.490 e. The summed E-state index contributed by atoms with van der Waals surface area (Å²) in [5.41, 5.74) is 2.80. The Morgan fingerprint density at radius 1 is 1.19 bits per heavy atom. The van der Waals surface area contributed by atoms with Gasteiger partial charge >= 0.3 is 0 Å². The van der Waals surface area contributed by atoms with Gasteiger partial charge in [-0.2, -0.15) is 0 Å². The number of benzene rings is 1. The highest BCUT2D eigenvalue weighted by Gasteiger charge is 2.06. The van der Waals surface area contributed by atoms with Crippen LogP contribution in [-0.2, 0) is 11.3 Å². The third-order valence-electron chi connectivity index (χ3n) is 3.70. The minimum Gasteiger partial charge on any atom is -0.490 e. The molecule has 1 amide bonds. The number of nitrogens with one attached hydrogen (secondary N) is 1. The summed E-state index contributed by atoms with van der Waals surface area (Å²) in [4.78, 5) is 16.3. The SMILES string of the molecule is CCCOc1ccc(/C=C/C(=O)NCc2ncccc2C)cc1OCC. The van der Waals surface area contributed by atoms with Crippen molar-refractivity contribution in [2.24, 2.45) is 0 Å². The third-order valence-corrected chi connectivity index (χ3v) is 3.70. The van der Waals surface area contributed by atoms with Crippen molar-refractivity contribution in [1.82, 2.24) is 10.3 Å². The van der Waals surface area contributed by atoms with E-state index in [1.165, 1.54) is 6.08 Å². The maximum Gasteiger partial charge on any atom is 0.244 e. The van der Waals surface area contributed by atoms with Gasteiger partial charge in [-0.3, -0.25) is 9.78 Å². The van der Waals surface area contributed by atoms with Gasteiger partial charge in [0.25, 0.3) is 0 Å². The van der Waals surface area contributed by atoms with Crippen LogP contribution in [0.1, 0.15) is 37.1 Å². The van der Waals surface area contributed by atoms with Gasteiger partial charge in [0.15, 0.2) is 11.5 Å². The molecular formula is C21H26N2O3. The zero-order valence-corrected chi connectivity index (χ0v) is 15.6. The van der Waals surface area contributed by atoms with Gasteiger partial charge in [-0.25, -0.2) is 0 Å². The Kier molecular flexibility index (Phi) is 7.68. The van der Waals surface area contributed by atoms with Crippen LogP contribution in [0.2, 0.25) is 0 Å². The monoisotopic (exact) mass is 354 g/mol. The number of amides is 1. The lowest BCUT2D eigenvalue weighted by Crippen LogP contribution is -2.21. The van der Waals surface area contributed by atoms with Crippen LogP contribution in [0, 0.1) is 6.92 Å². The third kappa shape index (κ3) is 5.92. The predicted octanol–water partition coefficient (Wildman–Crippen LogP) is 3.91. The zero-order valence-electron chi connectivity index (χ0n) is 15.6. The van der Waals surface area contributed by atoms with Gasteiger partial charge in [0.05, 0.1) is 25.5 Å². The molecule has 0 aliphatic rings. The van der Waals surface area contributed by atoms with E-state index in [0.717, 1.165) is 29.0 Å². The standard InChI is InChI=1S/C21H26N2O3/c1-4-13-26-19-10-8-17(14-20(19)25-5-2)9-11-21(24)23-15-18-16(3)7-6-12-22-18/h6-12,14H,4-5,13,15H2,1-3H3,(H,23,24)/b11-9+. The van der Waals surface area contributed by atoms with Crippen molar-refractivity contribution in [2.75, 3.05) is 13.2 Å². The summed E-state index contributed by atoms with van der Waals surface area (Å²) in [6, 6.07) is 9.50. The summed E-state index contributed by atoms with van der Waals surface area (Å²) < 4.78 is 11.3. The van der Waals surface area contributed by atoms with E-state index in [0.29, 0.717) is 25.5 Å². The predicted molar refractivity (Wildman–Crippen MR) is 103 cm³/mol.